The number of carbonyl (C=O) groups is 1. The molecule has 1 saturated carbocycles. The van der Waals surface area contributed by atoms with E-state index in [0.29, 0.717) is 17.4 Å². The first-order chi connectivity index (χ1) is 21.4. The van der Waals surface area contributed by atoms with Crippen molar-refractivity contribution in [2.24, 2.45) is 11.8 Å². The van der Waals surface area contributed by atoms with Crippen molar-refractivity contribution in [1.29, 1.82) is 5.26 Å². The van der Waals surface area contributed by atoms with E-state index in [4.69, 9.17) is 4.98 Å². The van der Waals surface area contributed by atoms with E-state index in [9.17, 15) is 10.1 Å². The Morgan fingerprint density at radius 2 is 1.84 bits per heavy atom. The van der Waals surface area contributed by atoms with Crippen molar-refractivity contribution in [2.75, 3.05) is 56.5 Å². The number of nitriles is 1. The third-order valence-electron chi connectivity index (χ3n) is 9.07. The van der Waals surface area contributed by atoms with Crippen molar-refractivity contribution in [3.8, 4) is 28.0 Å². The lowest BCUT2D eigenvalue weighted by molar-refractivity contribution is 0.146. The molecule has 4 aromatic rings. The van der Waals surface area contributed by atoms with Gasteiger partial charge in [-0.15, -0.1) is 10.2 Å². The summed E-state index contributed by atoms with van der Waals surface area (Å²) < 4.78 is 1.80. The van der Waals surface area contributed by atoms with E-state index in [1.807, 2.05) is 35.4 Å². The summed E-state index contributed by atoms with van der Waals surface area (Å²) in [5.74, 6) is 0.817. The first kappa shape index (κ1) is 28.5. The van der Waals surface area contributed by atoms with Gasteiger partial charge in [0, 0.05) is 63.2 Å². The fourth-order valence-electron chi connectivity index (χ4n) is 6.76. The molecule has 0 aromatic carbocycles. The van der Waals surface area contributed by atoms with Crippen LogP contribution in [0.25, 0.3) is 27.5 Å². The average molecular weight is 612 g/mol. The highest BCUT2D eigenvalue weighted by molar-refractivity contribution is 7.18. The molecule has 0 spiro atoms. The molecule has 2 saturated heterocycles. The first-order valence-corrected chi connectivity index (χ1v) is 16.2. The Morgan fingerprint density at radius 3 is 2.57 bits per heavy atom. The zero-order valence-corrected chi connectivity index (χ0v) is 26.1. The molecule has 3 aliphatic rings. The Kier molecular flexibility index (Phi) is 7.55. The molecule has 7 rings (SSSR count). The second kappa shape index (κ2) is 11.7. The van der Waals surface area contributed by atoms with Crippen molar-refractivity contribution >= 4 is 33.7 Å². The molecule has 1 aliphatic carbocycles. The third-order valence-corrected chi connectivity index (χ3v) is 10.1. The highest BCUT2D eigenvalue weighted by Gasteiger charge is 2.44. The number of fused-ring (bicyclic) bond motifs is 3. The van der Waals surface area contributed by atoms with E-state index in [0.717, 1.165) is 90.4 Å². The lowest BCUT2D eigenvalue weighted by atomic mass is 9.92. The third kappa shape index (κ3) is 5.44. The van der Waals surface area contributed by atoms with Crippen LogP contribution in [0.5, 0.6) is 0 Å². The smallest absolute Gasteiger partial charge is 0.317 e. The van der Waals surface area contributed by atoms with Gasteiger partial charge in [0.05, 0.1) is 34.2 Å². The van der Waals surface area contributed by atoms with Crippen LogP contribution in [0.3, 0.4) is 0 Å². The Hall–Kier alpha value is -4.28. The SMILES string of the molecule is CC(C)Nc1cc(-c2ccc3cc(C#N)cnn23)ncc1-c1nnc(N2C[C@H]3CC[C@@H](C2)C3NC(=O)N2CCN(C)CC2)s1. The maximum Gasteiger partial charge on any atom is 0.317 e. The standard InChI is InChI=1S/C31H37N11OS/c1-19(2)35-25-13-26(27-7-6-23-12-20(14-32)15-34-42(23)27)33-16-24(25)29-37-38-31(44-29)41-17-21-4-5-22(18-41)28(21)36-30(43)40-10-8-39(3)9-11-40/h6-7,12-13,15-16,19,21-22,28H,4-5,8-11,17-18H2,1-3H3,(H,33,35)(H,36,43)/t21-,22+,28?. The number of anilines is 2. The van der Waals surface area contributed by atoms with Gasteiger partial charge in [0.2, 0.25) is 5.13 Å². The number of aromatic nitrogens is 5. The zero-order valence-electron chi connectivity index (χ0n) is 25.3. The van der Waals surface area contributed by atoms with E-state index in [-0.39, 0.29) is 18.1 Å². The van der Waals surface area contributed by atoms with Crippen LogP contribution in [0.2, 0.25) is 0 Å². The van der Waals surface area contributed by atoms with Gasteiger partial charge >= 0.3 is 6.03 Å². The number of rotatable bonds is 6. The van der Waals surface area contributed by atoms with Crippen molar-refractivity contribution in [3.05, 3.63) is 42.2 Å². The summed E-state index contributed by atoms with van der Waals surface area (Å²) in [6.45, 7) is 9.38. The second-order valence-corrected chi connectivity index (χ2v) is 13.4. The molecule has 12 nitrogen and oxygen atoms in total. The van der Waals surface area contributed by atoms with Gasteiger partial charge in [-0.05, 0) is 69.8 Å². The van der Waals surface area contributed by atoms with E-state index in [1.165, 1.54) is 0 Å². The number of piperidine rings is 1. The number of piperazine rings is 1. The summed E-state index contributed by atoms with van der Waals surface area (Å²) in [4.78, 5) is 24.4. The highest BCUT2D eigenvalue weighted by Crippen LogP contribution is 2.41. The highest BCUT2D eigenvalue weighted by atomic mass is 32.1. The van der Waals surface area contributed by atoms with Crippen LogP contribution in [0.15, 0.2) is 36.7 Å². The normalized spacial score (nSPS) is 22.0. The summed E-state index contributed by atoms with van der Waals surface area (Å²) in [6.07, 6.45) is 5.67. The Morgan fingerprint density at radius 1 is 1.07 bits per heavy atom. The van der Waals surface area contributed by atoms with Gasteiger partial charge < -0.3 is 25.3 Å². The summed E-state index contributed by atoms with van der Waals surface area (Å²) in [5.41, 5.74) is 4.82. The minimum absolute atomic E-state index is 0.0867. The fourth-order valence-corrected chi connectivity index (χ4v) is 7.65. The molecule has 2 amide bonds. The molecule has 2 N–H and O–H groups in total. The maximum atomic E-state index is 13.0. The average Bonchev–Trinajstić information content (AvgIpc) is 3.73. The second-order valence-electron chi connectivity index (χ2n) is 12.5. The van der Waals surface area contributed by atoms with E-state index in [1.54, 1.807) is 22.0 Å². The molecule has 44 heavy (non-hydrogen) atoms. The van der Waals surface area contributed by atoms with Gasteiger partial charge in [0.15, 0.2) is 5.01 Å². The summed E-state index contributed by atoms with van der Waals surface area (Å²) in [6, 6.07) is 10.4. The molecule has 4 aromatic heterocycles. The van der Waals surface area contributed by atoms with Gasteiger partial charge in [-0.2, -0.15) is 10.4 Å². The molecule has 1 unspecified atom stereocenters. The molecule has 228 valence electrons. The number of likely N-dealkylation sites (N-methyl/N-ethyl adjacent to an activating group) is 1. The number of amides is 2. The number of urea groups is 1. The number of hydrogen-bond acceptors (Lipinski definition) is 10. The van der Waals surface area contributed by atoms with Crippen LogP contribution in [0, 0.1) is 23.2 Å². The largest absolute Gasteiger partial charge is 0.382 e. The van der Waals surface area contributed by atoms with Crippen molar-refractivity contribution in [1.82, 2.24) is 39.9 Å². The van der Waals surface area contributed by atoms with Gasteiger partial charge in [0.25, 0.3) is 0 Å². The molecule has 3 fully saturated rings. The topological polar surface area (TPSA) is 131 Å². The first-order valence-electron chi connectivity index (χ1n) is 15.3. The Balaban J connectivity index is 1.09. The Bertz CT molecular complexity index is 1700. The quantitative estimate of drug-likeness (QED) is 0.335. The van der Waals surface area contributed by atoms with Crippen LogP contribution in [-0.4, -0.2) is 99.0 Å². The molecule has 0 radical (unpaired) electrons. The number of nitrogens with one attached hydrogen (secondary N) is 2. The molecule has 3 atom stereocenters. The fraction of sp³-hybridized carbons (Fsp3) is 0.484. The predicted octanol–water partition coefficient (Wildman–Crippen LogP) is 3.78. The predicted molar refractivity (Wildman–Crippen MR) is 171 cm³/mol. The van der Waals surface area contributed by atoms with Gasteiger partial charge in [0.1, 0.15) is 6.07 Å². The minimum atomic E-state index is 0.0867. The number of nitrogens with zero attached hydrogens (tertiary/aromatic N) is 9. The maximum absolute atomic E-state index is 13.0. The number of pyridine rings is 1. The molecule has 13 heteroatoms. The molecule has 2 aliphatic heterocycles. The van der Waals surface area contributed by atoms with E-state index < -0.39 is 0 Å². The lowest BCUT2D eigenvalue weighted by Gasteiger charge is -2.40. The van der Waals surface area contributed by atoms with Crippen molar-refractivity contribution in [3.63, 3.8) is 0 Å². The van der Waals surface area contributed by atoms with Gasteiger partial charge in [-0.25, -0.2) is 9.31 Å². The van der Waals surface area contributed by atoms with E-state index >= 15 is 0 Å². The Labute approximate surface area is 260 Å². The summed E-state index contributed by atoms with van der Waals surface area (Å²) in [5, 5.41) is 31.6. The molecule has 6 heterocycles. The lowest BCUT2D eigenvalue weighted by Crippen LogP contribution is -2.57. The zero-order chi connectivity index (χ0) is 30.4. The van der Waals surface area contributed by atoms with E-state index in [2.05, 4.69) is 62.7 Å². The van der Waals surface area contributed by atoms with Crippen LogP contribution < -0.4 is 15.5 Å². The van der Waals surface area contributed by atoms with Crippen molar-refractivity contribution < 1.29 is 4.79 Å². The molecular formula is C31H37N11OS. The van der Waals surface area contributed by atoms with Gasteiger partial charge in [-0.1, -0.05) is 11.3 Å². The van der Waals surface area contributed by atoms with Gasteiger partial charge in [-0.3, -0.25) is 4.98 Å². The van der Waals surface area contributed by atoms with Crippen LogP contribution >= 0.6 is 11.3 Å². The van der Waals surface area contributed by atoms with Crippen LogP contribution in [0.4, 0.5) is 15.6 Å². The molecular weight excluding hydrogens is 574 g/mol. The summed E-state index contributed by atoms with van der Waals surface area (Å²) >= 11 is 1.59. The number of hydrogen-bond donors (Lipinski definition) is 2. The van der Waals surface area contributed by atoms with Crippen molar-refractivity contribution in [2.45, 2.75) is 38.8 Å². The monoisotopic (exact) mass is 611 g/mol. The van der Waals surface area contributed by atoms with Crippen LogP contribution in [-0.2, 0) is 0 Å². The minimum Gasteiger partial charge on any atom is -0.382 e. The summed E-state index contributed by atoms with van der Waals surface area (Å²) in [7, 11) is 2.10. The van der Waals surface area contributed by atoms with Crippen LogP contribution in [0.1, 0.15) is 32.3 Å². The number of carbonyl (C=O) groups excluding carboxylic acids is 1. The molecule has 2 bridgehead atoms.